The number of amides is 1. The normalized spacial score (nSPS) is 12.6. The number of aromatic nitrogens is 1. The Balaban J connectivity index is 1.47. The summed E-state index contributed by atoms with van der Waals surface area (Å²) in [5.41, 5.74) is 2.43. The number of anilines is 1. The predicted octanol–water partition coefficient (Wildman–Crippen LogP) is 6.08. The first-order chi connectivity index (χ1) is 13.6. The van der Waals surface area contributed by atoms with Crippen LogP contribution in [0.25, 0.3) is 6.08 Å². The molecule has 0 aliphatic carbocycles. The summed E-state index contributed by atoms with van der Waals surface area (Å²) < 4.78 is 6.39. The highest BCUT2D eigenvalue weighted by Gasteiger charge is 2.14. The number of nitrogens with zero attached hydrogens (tertiary/aromatic N) is 1. The number of carbonyl (C=O) groups is 1. The molecule has 0 saturated heterocycles. The van der Waals surface area contributed by atoms with Crippen LogP contribution in [-0.4, -0.2) is 10.9 Å². The number of carbonyl (C=O) groups excluding carboxylic acids is 1. The van der Waals surface area contributed by atoms with E-state index in [0.29, 0.717) is 27.9 Å². The van der Waals surface area contributed by atoms with E-state index < -0.39 is 0 Å². The molecule has 2 heterocycles. The molecule has 1 aliphatic rings. The number of benzene rings is 2. The van der Waals surface area contributed by atoms with Crippen LogP contribution in [0, 0.1) is 0 Å². The fourth-order valence-corrected chi connectivity index (χ4v) is 4.00. The van der Waals surface area contributed by atoms with Gasteiger partial charge in [-0.15, -0.1) is 11.3 Å². The van der Waals surface area contributed by atoms with E-state index in [1.165, 1.54) is 17.6 Å². The summed E-state index contributed by atoms with van der Waals surface area (Å²) in [6, 6.07) is 13.4. The van der Waals surface area contributed by atoms with Gasteiger partial charge in [-0.1, -0.05) is 35.9 Å². The number of hydrogen-bond acceptors (Lipinski definition) is 4. The zero-order valence-electron chi connectivity index (χ0n) is 14.5. The molecule has 28 heavy (non-hydrogen) atoms. The number of halogens is 2. The molecule has 7 heteroatoms. The van der Waals surface area contributed by atoms with Crippen molar-refractivity contribution in [1.82, 2.24) is 4.98 Å². The monoisotopic (exact) mass is 472 g/mol. The summed E-state index contributed by atoms with van der Waals surface area (Å²) in [5.74, 6) is 0.482. The Kier molecular flexibility index (Phi) is 5.62. The standard InChI is InChI=1S/C21H14BrClN2O2S/c22-17-6-5-13(10-18(17)23)9-16-12-24-21(28-16)25-20(26)15-7-8-27-19-4-2-1-3-14(19)11-15/h1-8,10-12H,9H2,(H,24,25,26). The van der Waals surface area contributed by atoms with Gasteiger partial charge in [-0.2, -0.15) is 0 Å². The Bertz CT molecular complexity index is 1110. The van der Waals surface area contributed by atoms with Gasteiger partial charge in [0.05, 0.1) is 11.3 Å². The number of ether oxygens (including phenoxy) is 1. The molecule has 1 amide bonds. The summed E-state index contributed by atoms with van der Waals surface area (Å²) in [7, 11) is 0. The highest BCUT2D eigenvalue weighted by atomic mass is 79.9. The van der Waals surface area contributed by atoms with Gasteiger partial charge in [0.15, 0.2) is 5.13 Å². The third kappa shape index (κ3) is 4.35. The van der Waals surface area contributed by atoms with E-state index in [-0.39, 0.29) is 5.91 Å². The lowest BCUT2D eigenvalue weighted by atomic mass is 10.1. The van der Waals surface area contributed by atoms with E-state index in [0.717, 1.165) is 20.5 Å². The van der Waals surface area contributed by atoms with Crippen molar-refractivity contribution in [2.24, 2.45) is 0 Å². The van der Waals surface area contributed by atoms with Gasteiger partial charge >= 0.3 is 0 Å². The maximum atomic E-state index is 12.6. The third-order valence-electron chi connectivity index (χ3n) is 4.07. The van der Waals surface area contributed by atoms with E-state index >= 15 is 0 Å². The van der Waals surface area contributed by atoms with Crippen LogP contribution in [0.5, 0.6) is 5.75 Å². The second kappa shape index (κ2) is 8.31. The fraction of sp³-hybridized carbons (Fsp3) is 0.0476. The number of rotatable bonds is 4. The first-order valence-corrected chi connectivity index (χ1v) is 10.4. The van der Waals surface area contributed by atoms with Crippen molar-refractivity contribution in [3.05, 3.63) is 92.1 Å². The van der Waals surface area contributed by atoms with Crippen molar-refractivity contribution in [1.29, 1.82) is 0 Å². The van der Waals surface area contributed by atoms with Crippen molar-refractivity contribution in [2.45, 2.75) is 6.42 Å². The van der Waals surface area contributed by atoms with Crippen molar-refractivity contribution in [3.63, 3.8) is 0 Å². The lowest BCUT2D eigenvalue weighted by Crippen LogP contribution is -2.12. The highest BCUT2D eigenvalue weighted by Crippen LogP contribution is 2.28. The largest absolute Gasteiger partial charge is 0.464 e. The smallest absolute Gasteiger partial charge is 0.257 e. The molecular weight excluding hydrogens is 460 g/mol. The van der Waals surface area contributed by atoms with Gasteiger partial charge in [0.1, 0.15) is 5.75 Å². The molecule has 3 aromatic rings. The minimum atomic E-state index is -0.232. The highest BCUT2D eigenvalue weighted by molar-refractivity contribution is 9.10. The van der Waals surface area contributed by atoms with Crippen LogP contribution in [0.1, 0.15) is 16.0 Å². The summed E-state index contributed by atoms with van der Waals surface area (Å²) in [6.07, 6.45) is 7.43. The van der Waals surface area contributed by atoms with E-state index in [2.05, 4.69) is 26.2 Å². The number of thiazole rings is 1. The summed E-state index contributed by atoms with van der Waals surface area (Å²) in [4.78, 5) is 18.0. The van der Waals surface area contributed by atoms with Crippen LogP contribution in [0.4, 0.5) is 5.13 Å². The minimum absolute atomic E-state index is 0.232. The quantitative estimate of drug-likeness (QED) is 0.500. The van der Waals surface area contributed by atoms with Crippen molar-refractivity contribution < 1.29 is 9.53 Å². The minimum Gasteiger partial charge on any atom is -0.464 e. The molecule has 1 aliphatic heterocycles. The molecule has 4 rings (SSSR count). The number of fused-ring (bicyclic) bond motifs is 1. The summed E-state index contributed by atoms with van der Waals surface area (Å²) in [6.45, 7) is 0. The van der Waals surface area contributed by atoms with E-state index in [4.69, 9.17) is 16.3 Å². The summed E-state index contributed by atoms with van der Waals surface area (Å²) >= 11 is 11.0. The Morgan fingerprint density at radius 1 is 1.25 bits per heavy atom. The van der Waals surface area contributed by atoms with Gasteiger partial charge in [0.2, 0.25) is 0 Å². The second-order valence-corrected chi connectivity index (χ2v) is 8.45. The van der Waals surface area contributed by atoms with Crippen LogP contribution in [0.2, 0.25) is 5.02 Å². The Hall–Kier alpha value is -2.41. The first-order valence-electron chi connectivity index (χ1n) is 8.42. The average molecular weight is 474 g/mol. The lowest BCUT2D eigenvalue weighted by Gasteiger charge is -2.03. The zero-order valence-corrected chi connectivity index (χ0v) is 17.6. The number of nitrogens with one attached hydrogen (secondary N) is 1. The molecule has 4 nitrogen and oxygen atoms in total. The number of hydrogen-bond donors (Lipinski definition) is 1. The van der Waals surface area contributed by atoms with Crippen LogP contribution in [0.15, 0.2) is 71.0 Å². The van der Waals surface area contributed by atoms with Crippen LogP contribution in [-0.2, 0) is 11.2 Å². The fourth-order valence-electron chi connectivity index (χ4n) is 2.71. The van der Waals surface area contributed by atoms with Gasteiger partial charge in [-0.25, -0.2) is 4.98 Å². The van der Waals surface area contributed by atoms with Crippen molar-refractivity contribution in [3.8, 4) is 5.75 Å². The van der Waals surface area contributed by atoms with Crippen LogP contribution < -0.4 is 10.1 Å². The molecule has 0 radical (unpaired) electrons. The van der Waals surface area contributed by atoms with Gasteiger partial charge in [0, 0.05) is 33.1 Å². The molecule has 0 saturated carbocycles. The molecule has 1 N–H and O–H groups in total. The van der Waals surface area contributed by atoms with Gasteiger partial charge < -0.3 is 4.74 Å². The lowest BCUT2D eigenvalue weighted by molar-refractivity contribution is -0.112. The Labute approximate surface area is 179 Å². The van der Waals surface area contributed by atoms with E-state index in [9.17, 15) is 4.79 Å². The Morgan fingerprint density at radius 2 is 2.11 bits per heavy atom. The molecule has 0 spiro atoms. The molecule has 140 valence electrons. The molecule has 0 atom stereocenters. The zero-order chi connectivity index (χ0) is 19.5. The second-order valence-electron chi connectivity index (χ2n) is 6.07. The molecule has 0 fully saturated rings. The molecule has 0 bridgehead atoms. The third-order valence-corrected chi connectivity index (χ3v) is 6.22. The molecule has 1 aromatic heterocycles. The molecule has 0 unspecified atom stereocenters. The van der Waals surface area contributed by atoms with E-state index in [1.807, 2.05) is 42.5 Å². The van der Waals surface area contributed by atoms with Crippen LogP contribution >= 0.6 is 38.9 Å². The van der Waals surface area contributed by atoms with Crippen LogP contribution in [0.3, 0.4) is 0 Å². The molecule has 2 aromatic carbocycles. The first kappa shape index (κ1) is 18.9. The maximum absolute atomic E-state index is 12.6. The Morgan fingerprint density at radius 3 is 2.96 bits per heavy atom. The SMILES string of the molecule is O=C(Nc1ncc(Cc2ccc(Br)c(Cl)c2)s1)C1=Cc2ccccc2OC=C1. The van der Waals surface area contributed by atoms with Crippen molar-refractivity contribution in [2.75, 3.05) is 5.32 Å². The van der Waals surface area contributed by atoms with Gasteiger partial charge in [0.25, 0.3) is 5.91 Å². The van der Waals surface area contributed by atoms with E-state index in [1.54, 1.807) is 18.3 Å². The molecular formula is C21H14BrClN2O2S. The topological polar surface area (TPSA) is 51.2 Å². The average Bonchev–Trinajstić information content (AvgIpc) is 2.99. The van der Waals surface area contributed by atoms with Gasteiger partial charge in [-0.3, -0.25) is 10.1 Å². The van der Waals surface area contributed by atoms with Gasteiger partial charge in [-0.05, 0) is 51.8 Å². The van der Waals surface area contributed by atoms with Crippen molar-refractivity contribution >= 4 is 56.0 Å². The maximum Gasteiger partial charge on any atom is 0.257 e. The summed E-state index contributed by atoms with van der Waals surface area (Å²) in [5, 5.41) is 4.08. The predicted molar refractivity (Wildman–Crippen MR) is 117 cm³/mol. The number of para-hydroxylation sites is 1.